The summed E-state index contributed by atoms with van der Waals surface area (Å²) in [6.45, 7) is 4.58. The first-order valence-corrected chi connectivity index (χ1v) is 11.6. The maximum atomic E-state index is 13.4. The molecule has 2 aromatic rings. The minimum absolute atomic E-state index is 0.0551. The average Bonchev–Trinajstić information content (AvgIpc) is 3.43. The summed E-state index contributed by atoms with van der Waals surface area (Å²) >= 11 is 1.58. The van der Waals surface area contributed by atoms with Crippen molar-refractivity contribution < 1.29 is 19.1 Å². The molecule has 8 heteroatoms. The maximum absolute atomic E-state index is 13.4. The summed E-state index contributed by atoms with van der Waals surface area (Å²) in [6.07, 6.45) is 5.06. The Hall–Kier alpha value is -2.58. The predicted octanol–water partition coefficient (Wildman–Crippen LogP) is 2.91. The smallest absolute Gasteiger partial charge is 0.253 e. The number of nitrogens with one attached hydrogen (secondary N) is 1. The van der Waals surface area contributed by atoms with Crippen LogP contribution in [-0.4, -0.2) is 58.8 Å². The number of pyridine rings is 1. The van der Waals surface area contributed by atoms with Crippen LogP contribution < -0.4 is 5.32 Å². The van der Waals surface area contributed by atoms with Gasteiger partial charge in [0.15, 0.2) is 5.78 Å². The molecule has 31 heavy (non-hydrogen) atoms. The van der Waals surface area contributed by atoms with E-state index >= 15 is 0 Å². The second-order valence-corrected chi connectivity index (χ2v) is 9.48. The van der Waals surface area contributed by atoms with E-state index in [-0.39, 0.29) is 36.2 Å². The molecule has 2 aliphatic rings. The Morgan fingerprint density at radius 1 is 1.35 bits per heavy atom. The zero-order valence-electron chi connectivity index (χ0n) is 17.7. The zero-order chi connectivity index (χ0) is 22.0. The molecule has 0 bridgehead atoms. The Morgan fingerprint density at radius 3 is 2.94 bits per heavy atom. The highest BCUT2D eigenvalue weighted by Gasteiger charge is 2.45. The lowest BCUT2D eigenvalue weighted by Gasteiger charge is -2.37. The molecule has 0 aliphatic carbocycles. The summed E-state index contributed by atoms with van der Waals surface area (Å²) in [5.74, 6) is -0.410. The number of carbonyl (C=O) groups excluding carboxylic acids is 3. The van der Waals surface area contributed by atoms with E-state index in [0.29, 0.717) is 18.5 Å². The first kappa shape index (κ1) is 21.6. The highest BCUT2D eigenvalue weighted by atomic mass is 32.1. The first-order chi connectivity index (χ1) is 14.9. The van der Waals surface area contributed by atoms with Crippen LogP contribution in [0.15, 0.2) is 36.0 Å². The monoisotopic (exact) mass is 441 g/mol. The van der Waals surface area contributed by atoms with E-state index in [9.17, 15) is 14.4 Å². The van der Waals surface area contributed by atoms with Gasteiger partial charge in [0.1, 0.15) is 18.7 Å². The largest absolute Gasteiger partial charge is 0.368 e. The number of piperidine rings is 1. The quantitative estimate of drug-likeness (QED) is 0.745. The number of hydrogen-bond donors (Lipinski definition) is 1. The van der Waals surface area contributed by atoms with Crippen molar-refractivity contribution in [1.29, 1.82) is 0 Å². The van der Waals surface area contributed by atoms with Crippen LogP contribution in [0, 0.1) is 5.92 Å². The van der Waals surface area contributed by atoms with Crippen LogP contribution in [0.5, 0.6) is 0 Å². The summed E-state index contributed by atoms with van der Waals surface area (Å²) in [6, 6.07) is 4.48. The highest BCUT2D eigenvalue weighted by molar-refractivity contribution is 7.13. The Balaban J connectivity index is 1.53. The van der Waals surface area contributed by atoms with Gasteiger partial charge in [-0.15, -0.1) is 11.3 Å². The number of carbonyl (C=O) groups is 3. The fourth-order valence-corrected chi connectivity index (χ4v) is 5.02. The number of ketones is 1. The minimum Gasteiger partial charge on any atom is -0.368 e. The van der Waals surface area contributed by atoms with Crippen LogP contribution in [0.2, 0.25) is 0 Å². The summed E-state index contributed by atoms with van der Waals surface area (Å²) in [5.41, 5.74) is 1.27. The minimum atomic E-state index is -0.704. The molecule has 2 amide bonds. The van der Waals surface area contributed by atoms with E-state index in [2.05, 4.69) is 10.3 Å². The van der Waals surface area contributed by atoms with Crippen LogP contribution in [0.3, 0.4) is 0 Å². The van der Waals surface area contributed by atoms with Crippen LogP contribution in [0.25, 0.3) is 10.4 Å². The molecule has 3 unspecified atom stereocenters. The molecule has 0 saturated carbocycles. The van der Waals surface area contributed by atoms with Crippen molar-refractivity contribution in [2.75, 3.05) is 13.2 Å². The third-order valence-corrected chi connectivity index (χ3v) is 6.66. The van der Waals surface area contributed by atoms with Gasteiger partial charge in [-0.25, -0.2) is 0 Å². The first-order valence-electron chi connectivity index (χ1n) is 10.7. The normalized spacial score (nSPS) is 21.8. The molecule has 3 atom stereocenters. The molecule has 7 nitrogen and oxygen atoms in total. The van der Waals surface area contributed by atoms with E-state index in [4.69, 9.17) is 4.74 Å². The molecule has 2 fully saturated rings. The van der Waals surface area contributed by atoms with Crippen LogP contribution in [-0.2, 0) is 14.3 Å². The summed E-state index contributed by atoms with van der Waals surface area (Å²) < 4.78 is 5.57. The highest BCUT2D eigenvalue weighted by Crippen LogP contribution is 2.28. The van der Waals surface area contributed by atoms with E-state index in [0.717, 1.165) is 23.3 Å². The molecule has 2 aliphatic heterocycles. The third kappa shape index (κ3) is 4.70. The average molecular weight is 442 g/mol. The lowest BCUT2D eigenvalue weighted by Crippen LogP contribution is -2.58. The van der Waals surface area contributed by atoms with Crippen molar-refractivity contribution in [2.24, 2.45) is 5.92 Å². The van der Waals surface area contributed by atoms with Gasteiger partial charge in [0.2, 0.25) is 5.91 Å². The fraction of sp³-hybridized carbons (Fsp3) is 0.478. The Labute approximate surface area is 185 Å². The molecule has 164 valence electrons. The summed E-state index contributed by atoms with van der Waals surface area (Å²) in [4.78, 5) is 45.7. The standard InChI is InChI=1S/C23H27N3O4S/c1-14(2)9-17(23(29)26-7-3-5-19-21(26)18(27)13-30-19)25-22(28)16-10-15(11-24-12-16)20-6-4-8-31-20/h4,6,8,10-12,14,17,19,21H,3,5,7,9,13H2,1-2H3,(H,25,28). The number of amides is 2. The van der Waals surface area contributed by atoms with Gasteiger partial charge in [-0.05, 0) is 42.7 Å². The van der Waals surface area contributed by atoms with Crippen molar-refractivity contribution in [3.8, 4) is 10.4 Å². The fourth-order valence-electron chi connectivity index (χ4n) is 4.31. The summed E-state index contributed by atoms with van der Waals surface area (Å²) in [5, 5.41) is 4.88. The number of rotatable bonds is 6. The van der Waals surface area contributed by atoms with E-state index in [1.165, 1.54) is 6.20 Å². The lowest BCUT2D eigenvalue weighted by atomic mass is 9.95. The Morgan fingerprint density at radius 2 is 2.19 bits per heavy atom. The molecule has 2 saturated heterocycles. The van der Waals surface area contributed by atoms with Gasteiger partial charge in [-0.2, -0.15) is 0 Å². The number of Topliss-reactive ketones (excluding diaryl/α,β-unsaturated/α-hetero) is 1. The maximum Gasteiger partial charge on any atom is 0.253 e. The van der Waals surface area contributed by atoms with Crippen molar-refractivity contribution in [1.82, 2.24) is 15.2 Å². The second kappa shape index (κ2) is 9.28. The lowest BCUT2D eigenvalue weighted by molar-refractivity contribution is -0.142. The van der Waals surface area contributed by atoms with Gasteiger partial charge < -0.3 is 15.0 Å². The number of hydrogen-bond acceptors (Lipinski definition) is 6. The molecular formula is C23H27N3O4S. The van der Waals surface area contributed by atoms with E-state index < -0.39 is 12.1 Å². The molecule has 0 radical (unpaired) electrons. The molecule has 1 N–H and O–H groups in total. The Kier molecular flexibility index (Phi) is 6.48. The van der Waals surface area contributed by atoms with Gasteiger partial charge in [-0.3, -0.25) is 19.4 Å². The SMILES string of the molecule is CC(C)CC(NC(=O)c1cncc(-c2cccs2)c1)C(=O)N1CCCC2OCC(=O)C21. The van der Waals surface area contributed by atoms with Crippen LogP contribution in [0.1, 0.15) is 43.5 Å². The molecule has 0 spiro atoms. The van der Waals surface area contributed by atoms with Crippen molar-refractivity contribution in [3.63, 3.8) is 0 Å². The predicted molar refractivity (Wildman–Crippen MR) is 118 cm³/mol. The van der Waals surface area contributed by atoms with Crippen LogP contribution >= 0.6 is 11.3 Å². The van der Waals surface area contributed by atoms with E-state index in [1.54, 1.807) is 28.5 Å². The van der Waals surface area contributed by atoms with Gasteiger partial charge in [-0.1, -0.05) is 19.9 Å². The second-order valence-electron chi connectivity index (χ2n) is 8.53. The molecule has 4 rings (SSSR count). The van der Waals surface area contributed by atoms with E-state index in [1.807, 2.05) is 31.4 Å². The molecular weight excluding hydrogens is 414 g/mol. The third-order valence-electron chi connectivity index (χ3n) is 5.74. The van der Waals surface area contributed by atoms with Gasteiger partial charge in [0.25, 0.3) is 5.91 Å². The number of thiophene rings is 1. The van der Waals surface area contributed by atoms with Crippen LogP contribution in [0.4, 0.5) is 0 Å². The number of nitrogens with zero attached hydrogens (tertiary/aromatic N) is 2. The number of ether oxygens (including phenoxy) is 1. The number of fused-ring (bicyclic) bond motifs is 1. The molecule has 0 aromatic carbocycles. The van der Waals surface area contributed by atoms with Gasteiger partial charge >= 0.3 is 0 Å². The van der Waals surface area contributed by atoms with Gasteiger partial charge in [0, 0.05) is 29.4 Å². The molecule has 2 aromatic heterocycles. The Bertz CT molecular complexity index is 959. The molecule has 4 heterocycles. The number of aromatic nitrogens is 1. The van der Waals surface area contributed by atoms with Crippen molar-refractivity contribution in [2.45, 2.75) is 51.3 Å². The number of likely N-dealkylation sites (tertiary alicyclic amines) is 1. The van der Waals surface area contributed by atoms with Crippen molar-refractivity contribution in [3.05, 3.63) is 41.5 Å². The van der Waals surface area contributed by atoms with Gasteiger partial charge in [0.05, 0.1) is 11.7 Å². The topological polar surface area (TPSA) is 88.6 Å². The van der Waals surface area contributed by atoms with Crippen molar-refractivity contribution >= 4 is 28.9 Å². The summed E-state index contributed by atoms with van der Waals surface area (Å²) in [7, 11) is 0. The zero-order valence-corrected chi connectivity index (χ0v) is 18.6.